The summed E-state index contributed by atoms with van der Waals surface area (Å²) in [6, 6.07) is 4.22. The van der Waals surface area contributed by atoms with E-state index in [4.69, 9.17) is 0 Å². The highest BCUT2D eigenvalue weighted by Gasteiger charge is 1.97. The highest BCUT2D eigenvalue weighted by Crippen LogP contribution is 2.14. The van der Waals surface area contributed by atoms with Crippen molar-refractivity contribution < 1.29 is 1.43 Å². The molecule has 0 unspecified atom stereocenters. The van der Waals surface area contributed by atoms with E-state index in [-0.39, 0.29) is 1.43 Å². The summed E-state index contributed by atoms with van der Waals surface area (Å²) in [5.41, 5.74) is 4.77. The topological polar surface area (TPSA) is 28.7 Å². The highest BCUT2D eigenvalue weighted by atomic mass is 14.9. The van der Waals surface area contributed by atoms with E-state index >= 15 is 0 Å². The molecule has 1 heterocycles. The number of benzene rings is 1. The fraction of sp³-hybridized carbons (Fsp3) is 0.417. The first-order valence-electron chi connectivity index (χ1n) is 5.09. The van der Waals surface area contributed by atoms with Gasteiger partial charge in [-0.25, -0.2) is 4.98 Å². The van der Waals surface area contributed by atoms with Crippen LogP contribution in [0.15, 0.2) is 18.5 Å². The summed E-state index contributed by atoms with van der Waals surface area (Å²) >= 11 is 0. The summed E-state index contributed by atoms with van der Waals surface area (Å²) < 4.78 is 0. The van der Waals surface area contributed by atoms with Crippen LogP contribution < -0.4 is 0 Å². The van der Waals surface area contributed by atoms with Gasteiger partial charge in [0, 0.05) is 1.43 Å². The molecule has 2 heteroatoms. The lowest BCUT2D eigenvalue weighted by molar-refractivity contribution is 1.09. The molecule has 2 nitrogen and oxygen atoms in total. The predicted octanol–water partition coefficient (Wildman–Crippen LogP) is 3.84. The van der Waals surface area contributed by atoms with Crippen molar-refractivity contribution in [3.05, 3.63) is 29.6 Å². The van der Waals surface area contributed by atoms with Gasteiger partial charge in [0.1, 0.15) is 0 Å². The molecular formula is C12H20N2. The molecule has 0 amide bonds. The van der Waals surface area contributed by atoms with E-state index in [9.17, 15) is 0 Å². The van der Waals surface area contributed by atoms with Gasteiger partial charge in [-0.1, -0.05) is 20.3 Å². The Morgan fingerprint density at radius 2 is 1.79 bits per heavy atom. The Bertz CT molecular complexity index is 371. The number of nitrogens with one attached hydrogen (secondary N) is 1. The Hall–Kier alpha value is -1.31. The van der Waals surface area contributed by atoms with Gasteiger partial charge in [-0.15, -0.1) is 0 Å². The van der Waals surface area contributed by atoms with Crippen LogP contribution in [0.25, 0.3) is 11.0 Å². The third kappa shape index (κ3) is 2.34. The van der Waals surface area contributed by atoms with Gasteiger partial charge >= 0.3 is 0 Å². The van der Waals surface area contributed by atoms with E-state index < -0.39 is 0 Å². The van der Waals surface area contributed by atoms with Crippen molar-refractivity contribution in [1.29, 1.82) is 0 Å². The van der Waals surface area contributed by atoms with E-state index in [0.29, 0.717) is 0 Å². The molecule has 0 fully saturated rings. The fourth-order valence-corrected chi connectivity index (χ4v) is 1.19. The summed E-state index contributed by atoms with van der Waals surface area (Å²) in [5, 5.41) is 0. The number of hydrogen-bond donors (Lipinski definition) is 1. The van der Waals surface area contributed by atoms with Crippen LogP contribution in [-0.2, 0) is 0 Å². The standard InChI is InChI=1S/C9H10N2.C3H8.H2/c1-6-3-8-9(4-7(6)2)11-5-10-8;1-3-2;/h3-5H,1-2H3,(H,10,11);3H2,1-2H3;1H. The summed E-state index contributed by atoms with van der Waals surface area (Å²) in [4.78, 5) is 7.24. The molecule has 2 aromatic rings. The molecule has 0 spiro atoms. The number of H-pyrrole nitrogens is 1. The van der Waals surface area contributed by atoms with E-state index in [2.05, 4.69) is 49.8 Å². The lowest BCUT2D eigenvalue weighted by Crippen LogP contribution is -1.79. The van der Waals surface area contributed by atoms with E-state index in [1.807, 2.05) is 0 Å². The number of rotatable bonds is 0. The van der Waals surface area contributed by atoms with Crippen LogP contribution in [0, 0.1) is 13.8 Å². The molecule has 1 aromatic heterocycles. The molecule has 0 radical (unpaired) electrons. The smallest absolute Gasteiger partial charge is 0.0931 e. The lowest BCUT2D eigenvalue weighted by atomic mass is 10.1. The minimum absolute atomic E-state index is 0. The number of aryl methyl sites for hydroxylation is 2. The number of aromatic amines is 1. The number of imidazole rings is 1. The fourth-order valence-electron chi connectivity index (χ4n) is 1.19. The van der Waals surface area contributed by atoms with E-state index in [1.54, 1.807) is 6.33 Å². The maximum absolute atomic E-state index is 4.17. The molecular weight excluding hydrogens is 172 g/mol. The number of nitrogens with zero attached hydrogens (tertiary/aromatic N) is 1. The minimum atomic E-state index is 0. The van der Waals surface area contributed by atoms with Crippen molar-refractivity contribution in [1.82, 2.24) is 9.97 Å². The maximum Gasteiger partial charge on any atom is 0.0931 e. The zero-order valence-electron chi connectivity index (χ0n) is 9.39. The van der Waals surface area contributed by atoms with Crippen LogP contribution in [0.2, 0.25) is 0 Å². The minimum Gasteiger partial charge on any atom is -0.345 e. The molecule has 0 aliphatic heterocycles. The zero-order valence-corrected chi connectivity index (χ0v) is 9.39. The Balaban J connectivity index is 0.000000443. The molecule has 2 rings (SSSR count). The van der Waals surface area contributed by atoms with Crippen molar-refractivity contribution >= 4 is 11.0 Å². The van der Waals surface area contributed by atoms with Gasteiger partial charge in [0.15, 0.2) is 0 Å². The summed E-state index contributed by atoms with van der Waals surface area (Å²) in [5.74, 6) is 0. The molecule has 1 aromatic carbocycles. The van der Waals surface area contributed by atoms with Crippen LogP contribution in [0.5, 0.6) is 0 Å². The van der Waals surface area contributed by atoms with Crippen LogP contribution in [-0.4, -0.2) is 9.97 Å². The Morgan fingerprint density at radius 1 is 1.21 bits per heavy atom. The molecule has 0 aliphatic rings. The zero-order chi connectivity index (χ0) is 10.6. The van der Waals surface area contributed by atoms with Crippen molar-refractivity contribution in [2.24, 2.45) is 0 Å². The Labute approximate surface area is 86.9 Å². The monoisotopic (exact) mass is 192 g/mol. The first kappa shape index (κ1) is 10.8. The van der Waals surface area contributed by atoms with Crippen molar-refractivity contribution in [3.63, 3.8) is 0 Å². The molecule has 78 valence electrons. The van der Waals surface area contributed by atoms with Gasteiger partial charge in [0.05, 0.1) is 17.4 Å². The second kappa shape index (κ2) is 4.80. The molecule has 0 saturated heterocycles. The average molecular weight is 192 g/mol. The van der Waals surface area contributed by atoms with Crippen LogP contribution >= 0.6 is 0 Å². The third-order valence-corrected chi connectivity index (χ3v) is 2.04. The normalized spacial score (nSPS) is 9.71. The van der Waals surface area contributed by atoms with Crippen LogP contribution in [0.1, 0.15) is 32.8 Å². The molecule has 0 atom stereocenters. The largest absolute Gasteiger partial charge is 0.345 e. The lowest BCUT2D eigenvalue weighted by Gasteiger charge is -1.97. The van der Waals surface area contributed by atoms with Crippen LogP contribution in [0.3, 0.4) is 0 Å². The van der Waals surface area contributed by atoms with Gasteiger partial charge in [-0.05, 0) is 37.1 Å². The molecule has 1 N–H and O–H groups in total. The highest BCUT2D eigenvalue weighted by molar-refractivity contribution is 5.76. The van der Waals surface area contributed by atoms with Gasteiger partial charge in [0.25, 0.3) is 0 Å². The van der Waals surface area contributed by atoms with Crippen LogP contribution in [0.4, 0.5) is 0 Å². The Morgan fingerprint density at radius 3 is 2.43 bits per heavy atom. The van der Waals surface area contributed by atoms with Gasteiger partial charge in [-0.3, -0.25) is 0 Å². The second-order valence-electron chi connectivity index (χ2n) is 3.56. The third-order valence-electron chi connectivity index (χ3n) is 2.04. The molecule has 14 heavy (non-hydrogen) atoms. The van der Waals surface area contributed by atoms with E-state index in [1.165, 1.54) is 17.5 Å². The second-order valence-corrected chi connectivity index (χ2v) is 3.56. The number of fused-ring (bicyclic) bond motifs is 1. The number of aromatic nitrogens is 2. The van der Waals surface area contributed by atoms with Gasteiger partial charge in [-0.2, -0.15) is 0 Å². The summed E-state index contributed by atoms with van der Waals surface area (Å²) in [6.07, 6.45) is 2.98. The Kier molecular flexibility index (Phi) is 3.69. The summed E-state index contributed by atoms with van der Waals surface area (Å²) in [7, 11) is 0. The van der Waals surface area contributed by atoms with Crippen molar-refractivity contribution in [3.8, 4) is 0 Å². The van der Waals surface area contributed by atoms with Crippen molar-refractivity contribution in [2.75, 3.05) is 0 Å². The van der Waals surface area contributed by atoms with E-state index in [0.717, 1.165) is 11.0 Å². The van der Waals surface area contributed by atoms with Gasteiger partial charge in [0.2, 0.25) is 0 Å². The maximum atomic E-state index is 4.17. The number of hydrogen-bond acceptors (Lipinski definition) is 1. The quantitative estimate of drug-likeness (QED) is 0.675. The van der Waals surface area contributed by atoms with Crippen molar-refractivity contribution in [2.45, 2.75) is 34.1 Å². The first-order chi connectivity index (χ1) is 6.69. The molecule has 0 saturated carbocycles. The average Bonchev–Trinajstić information content (AvgIpc) is 2.54. The molecule has 0 aliphatic carbocycles. The molecule has 0 bridgehead atoms. The van der Waals surface area contributed by atoms with Gasteiger partial charge < -0.3 is 4.98 Å². The SMILES string of the molecule is CCC.Cc1cc2nc[nH]c2cc1C.[HH]. The summed E-state index contributed by atoms with van der Waals surface area (Å²) in [6.45, 7) is 8.46. The first-order valence-corrected chi connectivity index (χ1v) is 5.09. The predicted molar refractivity (Wildman–Crippen MR) is 63.6 cm³/mol.